The lowest BCUT2D eigenvalue weighted by atomic mass is 10.1. The average Bonchev–Trinajstić information content (AvgIpc) is 3.15. The van der Waals surface area contributed by atoms with Crippen molar-refractivity contribution in [3.05, 3.63) is 53.8 Å². The van der Waals surface area contributed by atoms with E-state index >= 15 is 0 Å². The Morgan fingerprint density at radius 2 is 1.88 bits per heavy atom. The molecule has 6 heteroatoms. The third-order valence-corrected chi connectivity index (χ3v) is 6.02. The van der Waals surface area contributed by atoms with Crippen LogP contribution in [0.4, 0.5) is 0 Å². The molecule has 0 saturated carbocycles. The number of nitrogens with zero attached hydrogens (tertiary/aromatic N) is 2. The Bertz CT molecular complexity index is 939. The maximum Gasteiger partial charge on any atom is 0.253 e. The molecule has 32 heavy (non-hydrogen) atoms. The number of nitrogens with one attached hydrogen (secondary N) is 1. The molecule has 1 N–H and O–H groups in total. The molecule has 0 aliphatic carbocycles. The Hall–Kier alpha value is -2.57. The van der Waals surface area contributed by atoms with Gasteiger partial charge >= 0.3 is 0 Å². The standard InChI is InChI=1S/C26H37N3O3/c1-4-5-6-7-8-9-10-13-22-24(26(30)27-2)21-12-11-14-23(31-3)25(21)29(22)16-15-28-17-19-32-20-18-28/h4-5,8-9,11-12,14H,6-7,10,13,15-20H2,1-3H3,(H,27,30)/b5-4-,9-8+. The topological polar surface area (TPSA) is 55.7 Å². The van der Waals surface area contributed by atoms with E-state index in [1.165, 1.54) is 0 Å². The van der Waals surface area contributed by atoms with Gasteiger partial charge in [0.25, 0.3) is 5.91 Å². The van der Waals surface area contributed by atoms with Crippen LogP contribution in [0.25, 0.3) is 10.9 Å². The fourth-order valence-corrected chi connectivity index (χ4v) is 4.36. The maximum absolute atomic E-state index is 13.0. The second kappa shape index (κ2) is 12.5. The molecule has 0 radical (unpaired) electrons. The van der Waals surface area contributed by atoms with Crippen molar-refractivity contribution in [3.63, 3.8) is 0 Å². The summed E-state index contributed by atoms with van der Waals surface area (Å²) in [6, 6.07) is 5.97. The molecule has 0 bridgehead atoms. The summed E-state index contributed by atoms with van der Waals surface area (Å²) in [6.07, 6.45) is 12.6. The minimum atomic E-state index is -0.0413. The molecule has 0 spiro atoms. The molecule has 1 aromatic carbocycles. The fraction of sp³-hybridized carbons (Fsp3) is 0.500. The first-order valence-corrected chi connectivity index (χ1v) is 11.7. The Kier molecular flexibility index (Phi) is 9.38. The van der Waals surface area contributed by atoms with Crippen molar-refractivity contribution in [1.82, 2.24) is 14.8 Å². The summed E-state index contributed by atoms with van der Waals surface area (Å²) in [5.41, 5.74) is 2.86. The summed E-state index contributed by atoms with van der Waals surface area (Å²) in [6.45, 7) is 7.24. The zero-order valence-corrected chi connectivity index (χ0v) is 19.7. The van der Waals surface area contributed by atoms with Crippen molar-refractivity contribution < 1.29 is 14.3 Å². The molecule has 1 aliphatic heterocycles. The van der Waals surface area contributed by atoms with Crippen molar-refractivity contribution >= 4 is 16.8 Å². The average molecular weight is 440 g/mol. The van der Waals surface area contributed by atoms with Crippen LogP contribution in [0.1, 0.15) is 42.2 Å². The van der Waals surface area contributed by atoms with Crippen LogP contribution in [-0.4, -0.2) is 62.4 Å². The molecule has 0 atom stereocenters. The molecule has 6 nitrogen and oxygen atoms in total. The van der Waals surface area contributed by atoms with Gasteiger partial charge in [-0.25, -0.2) is 0 Å². The van der Waals surface area contributed by atoms with E-state index in [9.17, 15) is 4.79 Å². The molecule has 2 aromatic rings. The van der Waals surface area contributed by atoms with E-state index in [0.717, 1.165) is 93.0 Å². The third kappa shape index (κ3) is 5.81. The van der Waals surface area contributed by atoms with Gasteiger partial charge in [0, 0.05) is 44.3 Å². The van der Waals surface area contributed by atoms with E-state index in [4.69, 9.17) is 9.47 Å². The van der Waals surface area contributed by atoms with E-state index in [2.05, 4.69) is 39.1 Å². The Morgan fingerprint density at radius 3 is 2.59 bits per heavy atom. The van der Waals surface area contributed by atoms with Crippen LogP contribution in [0.15, 0.2) is 42.5 Å². The lowest BCUT2D eigenvalue weighted by Gasteiger charge is -2.27. The summed E-state index contributed by atoms with van der Waals surface area (Å²) in [4.78, 5) is 15.4. The van der Waals surface area contributed by atoms with Gasteiger partial charge in [-0.15, -0.1) is 0 Å². The number of carbonyl (C=O) groups excluding carboxylic acids is 1. The number of amides is 1. The molecular weight excluding hydrogens is 402 g/mol. The highest BCUT2D eigenvalue weighted by atomic mass is 16.5. The first kappa shape index (κ1) is 24.1. The van der Waals surface area contributed by atoms with Crippen LogP contribution in [0.3, 0.4) is 0 Å². The number of para-hydroxylation sites is 1. The van der Waals surface area contributed by atoms with E-state index in [-0.39, 0.29) is 5.91 Å². The fourth-order valence-electron chi connectivity index (χ4n) is 4.36. The number of allylic oxidation sites excluding steroid dienone is 4. The quantitative estimate of drug-likeness (QED) is 0.421. The van der Waals surface area contributed by atoms with Gasteiger partial charge in [-0.05, 0) is 38.7 Å². The van der Waals surface area contributed by atoms with Crippen molar-refractivity contribution in [2.45, 2.75) is 39.2 Å². The molecule has 1 aliphatic rings. The zero-order valence-electron chi connectivity index (χ0n) is 19.7. The van der Waals surface area contributed by atoms with Gasteiger partial charge in [-0.1, -0.05) is 36.4 Å². The Balaban J connectivity index is 1.93. The first-order valence-electron chi connectivity index (χ1n) is 11.7. The summed E-state index contributed by atoms with van der Waals surface area (Å²) in [5.74, 6) is 0.767. The zero-order chi connectivity index (χ0) is 22.8. The number of unbranched alkanes of at least 4 members (excludes halogenated alkanes) is 1. The number of rotatable bonds is 11. The number of hydrogen-bond donors (Lipinski definition) is 1. The largest absolute Gasteiger partial charge is 0.495 e. The van der Waals surface area contributed by atoms with Gasteiger partial charge in [0.2, 0.25) is 0 Å². The molecule has 1 saturated heterocycles. The van der Waals surface area contributed by atoms with Crippen LogP contribution < -0.4 is 10.1 Å². The van der Waals surface area contributed by atoms with Crippen molar-refractivity contribution in [2.24, 2.45) is 0 Å². The molecule has 1 aromatic heterocycles. The number of benzene rings is 1. The van der Waals surface area contributed by atoms with Crippen molar-refractivity contribution in [3.8, 4) is 5.75 Å². The number of morpholine rings is 1. The summed E-state index contributed by atoms with van der Waals surface area (Å²) in [5, 5.41) is 3.81. The van der Waals surface area contributed by atoms with Crippen LogP contribution in [0.2, 0.25) is 0 Å². The van der Waals surface area contributed by atoms with Crippen LogP contribution in [0, 0.1) is 0 Å². The molecule has 3 rings (SSSR count). The normalized spacial score (nSPS) is 15.2. The number of ether oxygens (including phenoxy) is 2. The lowest BCUT2D eigenvalue weighted by Crippen LogP contribution is -2.38. The van der Waals surface area contributed by atoms with Crippen LogP contribution in [0.5, 0.6) is 5.75 Å². The molecule has 174 valence electrons. The first-order chi connectivity index (χ1) is 15.7. The summed E-state index contributed by atoms with van der Waals surface area (Å²) >= 11 is 0. The number of fused-ring (bicyclic) bond motifs is 1. The predicted octanol–water partition coefficient (Wildman–Crippen LogP) is 4.19. The molecular formula is C26H37N3O3. The number of carbonyl (C=O) groups is 1. The van der Waals surface area contributed by atoms with Crippen LogP contribution >= 0.6 is 0 Å². The van der Waals surface area contributed by atoms with E-state index in [0.29, 0.717) is 0 Å². The predicted molar refractivity (Wildman–Crippen MR) is 131 cm³/mol. The minimum absolute atomic E-state index is 0.0413. The molecule has 1 amide bonds. The van der Waals surface area contributed by atoms with Crippen molar-refractivity contribution in [1.29, 1.82) is 0 Å². The third-order valence-electron chi connectivity index (χ3n) is 6.02. The maximum atomic E-state index is 13.0. The SMILES string of the molecule is C/C=C\CC/C=C/CCc1c(C(=O)NC)c2cccc(OC)c2n1CCN1CCOCC1. The summed E-state index contributed by atoms with van der Waals surface area (Å²) < 4.78 is 13.5. The minimum Gasteiger partial charge on any atom is -0.495 e. The van der Waals surface area contributed by atoms with Gasteiger partial charge in [0.1, 0.15) is 5.75 Å². The highest BCUT2D eigenvalue weighted by molar-refractivity contribution is 6.09. The number of hydrogen-bond acceptors (Lipinski definition) is 4. The lowest BCUT2D eigenvalue weighted by molar-refractivity contribution is 0.0364. The number of methoxy groups -OCH3 is 1. The van der Waals surface area contributed by atoms with Crippen LogP contribution in [-0.2, 0) is 17.7 Å². The highest BCUT2D eigenvalue weighted by Gasteiger charge is 2.24. The molecule has 1 fully saturated rings. The van der Waals surface area contributed by atoms with Gasteiger partial charge in [0.05, 0.1) is 31.4 Å². The van der Waals surface area contributed by atoms with Crippen molar-refractivity contribution in [2.75, 3.05) is 47.0 Å². The molecule has 0 unspecified atom stereocenters. The Labute approximate surface area is 191 Å². The van der Waals surface area contributed by atoms with E-state index < -0.39 is 0 Å². The smallest absolute Gasteiger partial charge is 0.253 e. The second-order valence-corrected chi connectivity index (χ2v) is 8.02. The monoisotopic (exact) mass is 439 g/mol. The second-order valence-electron chi connectivity index (χ2n) is 8.02. The van der Waals surface area contributed by atoms with Gasteiger partial charge in [-0.3, -0.25) is 9.69 Å². The molecule has 2 heterocycles. The number of aromatic nitrogens is 1. The van der Waals surface area contributed by atoms with E-state index in [1.807, 2.05) is 25.1 Å². The van der Waals surface area contributed by atoms with Gasteiger partial charge in [0.15, 0.2) is 0 Å². The van der Waals surface area contributed by atoms with Gasteiger partial charge < -0.3 is 19.4 Å². The highest BCUT2D eigenvalue weighted by Crippen LogP contribution is 2.34. The summed E-state index contributed by atoms with van der Waals surface area (Å²) in [7, 11) is 3.39. The van der Waals surface area contributed by atoms with E-state index in [1.54, 1.807) is 14.2 Å². The Morgan fingerprint density at radius 1 is 1.12 bits per heavy atom. The van der Waals surface area contributed by atoms with Gasteiger partial charge in [-0.2, -0.15) is 0 Å².